The van der Waals surface area contributed by atoms with Crippen LogP contribution in [0.15, 0.2) is 48.7 Å². The summed E-state index contributed by atoms with van der Waals surface area (Å²) in [6.45, 7) is 3.93. The molecule has 10 heteroatoms. The zero-order chi connectivity index (χ0) is 26.1. The quantitative estimate of drug-likeness (QED) is 0.136. The van der Waals surface area contributed by atoms with Gasteiger partial charge in [-0.2, -0.15) is 23.5 Å². The topological polar surface area (TPSA) is 122 Å². The second-order valence-electron chi connectivity index (χ2n) is 9.03. The molecule has 0 unspecified atom stereocenters. The fraction of sp³-hybridized carbons (Fsp3) is 0.308. The molecule has 0 amide bonds. The minimum atomic E-state index is -5.21. The van der Waals surface area contributed by atoms with Crippen LogP contribution < -0.4 is 10.5 Å². The van der Waals surface area contributed by atoms with Crippen LogP contribution in [0.4, 0.5) is 14.6 Å². The second-order valence-corrected chi connectivity index (χ2v) is 10.8. The van der Waals surface area contributed by atoms with Crippen molar-refractivity contribution in [2.45, 2.75) is 45.2 Å². The maximum absolute atomic E-state index is 13.4. The summed E-state index contributed by atoms with van der Waals surface area (Å²) in [4.78, 5) is 35.5. The van der Waals surface area contributed by atoms with E-state index in [-0.39, 0.29) is 13.0 Å². The third kappa shape index (κ3) is 5.71. The molecule has 2 aromatic carbocycles. The molecule has 0 spiro atoms. The Morgan fingerprint density at radius 3 is 2.50 bits per heavy atom. The zero-order valence-electron chi connectivity index (χ0n) is 20.1. The first-order valence-electron chi connectivity index (χ1n) is 11.6. The SMILES string of the molecule is Cc1ccc2c(c1)nc(N)c1ncc(CCc3ccc(OCCCC(F)(F)[P+](O)(O)O)cc3C)cc12. The number of aromatic nitrogens is 2. The van der Waals surface area contributed by atoms with Crippen molar-refractivity contribution < 1.29 is 28.2 Å². The maximum Gasteiger partial charge on any atom is 0.479 e. The summed E-state index contributed by atoms with van der Waals surface area (Å²) in [7, 11) is -5.21. The number of ether oxygens (including phenoxy) is 1. The molecule has 36 heavy (non-hydrogen) atoms. The van der Waals surface area contributed by atoms with Crippen LogP contribution in [0.5, 0.6) is 5.75 Å². The van der Waals surface area contributed by atoms with E-state index in [1.165, 1.54) is 0 Å². The van der Waals surface area contributed by atoms with Gasteiger partial charge in [-0.05, 0) is 79.6 Å². The molecule has 0 aliphatic carbocycles. The molecule has 7 nitrogen and oxygen atoms in total. The number of alkyl halides is 2. The average molecular weight is 517 g/mol. The highest BCUT2D eigenvalue weighted by atomic mass is 31.2. The lowest BCUT2D eigenvalue weighted by Gasteiger charge is -2.16. The van der Waals surface area contributed by atoms with E-state index in [9.17, 15) is 8.78 Å². The van der Waals surface area contributed by atoms with E-state index < -0.39 is 20.0 Å². The molecule has 0 saturated carbocycles. The van der Waals surface area contributed by atoms with E-state index in [2.05, 4.69) is 16.0 Å². The molecule has 0 fully saturated rings. The molecule has 0 aliphatic rings. The van der Waals surface area contributed by atoms with E-state index in [1.807, 2.05) is 50.4 Å². The van der Waals surface area contributed by atoms with Crippen molar-refractivity contribution in [3.63, 3.8) is 0 Å². The molecule has 4 aromatic rings. The van der Waals surface area contributed by atoms with Gasteiger partial charge in [-0.25, -0.2) is 4.98 Å². The molecular weight excluding hydrogens is 487 g/mol. The summed E-state index contributed by atoms with van der Waals surface area (Å²) in [5.41, 5.74) is 8.08. The smallest absolute Gasteiger partial charge is 0.479 e. The first kappa shape index (κ1) is 26.1. The Hall–Kier alpha value is -2.97. The second kappa shape index (κ2) is 10.2. The molecule has 2 aromatic heterocycles. The predicted molar refractivity (Wildman–Crippen MR) is 138 cm³/mol. The summed E-state index contributed by atoms with van der Waals surface area (Å²) in [6, 6.07) is 13.8. The standard InChI is InChI=1S/C26H29F2N3O4P/c1-16-4-9-21-22-14-18(15-30-24(22)25(29)31-23(21)12-16)5-6-19-7-8-20(13-17(19)2)35-11-3-10-26(27,28)36(32,33)34/h4,7-9,12-15,32-34H,3,5-6,10-11H2,1-2H3,(H2,29,31)/q+1. The van der Waals surface area contributed by atoms with Gasteiger partial charge in [-0.15, -0.1) is 0 Å². The molecule has 190 valence electrons. The number of anilines is 1. The third-order valence-corrected chi connectivity index (χ3v) is 7.30. The summed E-state index contributed by atoms with van der Waals surface area (Å²) < 4.78 is 32.4. The van der Waals surface area contributed by atoms with Crippen LogP contribution in [0.2, 0.25) is 0 Å². The van der Waals surface area contributed by atoms with Crippen LogP contribution in [0.25, 0.3) is 21.8 Å². The van der Waals surface area contributed by atoms with Crippen molar-refractivity contribution in [1.82, 2.24) is 9.97 Å². The minimum Gasteiger partial charge on any atom is -0.494 e. The van der Waals surface area contributed by atoms with E-state index in [0.29, 0.717) is 17.1 Å². The summed E-state index contributed by atoms with van der Waals surface area (Å²) in [6.07, 6.45) is 2.35. The lowest BCUT2D eigenvalue weighted by Crippen LogP contribution is -2.21. The van der Waals surface area contributed by atoms with Crippen LogP contribution in [0.1, 0.15) is 35.1 Å². The fourth-order valence-corrected chi connectivity index (χ4v) is 4.60. The maximum atomic E-state index is 13.4. The van der Waals surface area contributed by atoms with Gasteiger partial charge in [0.15, 0.2) is 5.82 Å². The van der Waals surface area contributed by atoms with E-state index >= 15 is 0 Å². The van der Waals surface area contributed by atoms with Gasteiger partial charge in [-0.1, -0.05) is 18.2 Å². The Bertz CT molecular complexity index is 1410. The molecule has 5 N–H and O–H groups in total. The average Bonchev–Trinajstić information content (AvgIpc) is 2.80. The molecule has 0 saturated heterocycles. The van der Waals surface area contributed by atoms with Gasteiger partial charge >= 0.3 is 13.6 Å². The number of halogens is 2. The van der Waals surface area contributed by atoms with Crippen LogP contribution in [-0.2, 0) is 12.8 Å². The number of hydrogen-bond donors (Lipinski definition) is 4. The molecule has 2 heterocycles. The lowest BCUT2D eigenvalue weighted by molar-refractivity contribution is 0.0322. The Morgan fingerprint density at radius 2 is 1.78 bits per heavy atom. The number of benzene rings is 2. The lowest BCUT2D eigenvalue weighted by atomic mass is 9.99. The molecule has 0 aliphatic heterocycles. The highest BCUT2D eigenvalue weighted by Crippen LogP contribution is 2.62. The summed E-state index contributed by atoms with van der Waals surface area (Å²) >= 11 is 0. The Kier molecular flexibility index (Phi) is 7.38. The van der Waals surface area contributed by atoms with E-state index in [0.717, 1.165) is 51.4 Å². The van der Waals surface area contributed by atoms with Gasteiger partial charge in [0.05, 0.1) is 18.5 Å². The molecule has 0 radical (unpaired) electrons. The van der Waals surface area contributed by atoms with Gasteiger partial charge in [-0.3, -0.25) is 4.98 Å². The highest BCUT2D eigenvalue weighted by Gasteiger charge is 2.60. The number of rotatable bonds is 9. The predicted octanol–water partition coefficient (Wildman–Crippen LogP) is 5.26. The Balaban J connectivity index is 1.41. The van der Waals surface area contributed by atoms with Crippen molar-refractivity contribution in [2.24, 2.45) is 0 Å². The number of aryl methyl sites for hydroxylation is 4. The number of nitrogens with zero attached hydrogens (tertiary/aromatic N) is 2. The van der Waals surface area contributed by atoms with Gasteiger partial charge in [0.2, 0.25) is 0 Å². The van der Waals surface area contributed by atoms with E-state index in [4.69, 9.17) is 25.2 Å². The van der Waals surface area contributed by atoms with Crippen molar-refractivity contribution in [3.05, 3.63) is 70.9 Å². The van der Waals surface area contributed by atoms with Crippen LogP contribution in [-0.4, -0.2) is 36.9 Å². The Labute approximate surface area is 208 Å². The van der Waals surface area contributed by atoms with E-state index in [1.54, 1.807) is 6.07 Å². The van der Waals surface area contributed by atoms with Crippen molar-refractivity contribution in [2.75, 3.05) is 12.3 Å². The van der Waals surface area contributed by atoms with Crippen molar-refractivity contribution in [1.29, 1.82) is 0 Å². The summed E-state index contributed by atoms with van der Waals surface area (Å²) in [5.74, 6) is 0.949. The number of hydrogen-bond acceptors (Lipinski definition) is 7. The Morgan fingerprint density at radius 1 is 1.00 bits per heavy atom. The molecular formula is C26H29F2N3O4P+. The van der Waals surface area contributed by atoms with Crippen LogP contribution in [0.3, 0.4) is 0 Å². The monoisotopic (exact) mass is 516 g/mol. The summed E-state index contributed by atoms with van der Waals surface area (Å²) in [5, 5.41) is 1.99. The van der Waals surface area contributed by atoms with Crippen molar-refractivity contribution in [3.8, 4) is 5.75 Å². The molecule has 4 rings (SSSR count). The fourth-order valence-electron chi connectivity index (χ4n) is 4.14. The first-order chi connectivity index (χ1) is 16.9. The zero-order valence-corrected chi connectivity index (χ0v) is 21.0. The third-order valence-electron chi connectivity index (χ3n) is 6.20. The number of pyridine rings is 2. The first-order valence-corrected chi connectivity index (χ1v) is 13.2. The van der Waals surface area contributed by atoms with Gasteiger partial charge in [0.1, 0.15) is 11.3 Å². The number of nitrogens with two attached hydrogens (primary N) is 1. The van der Waals surface area contributed by atoms with Gasteiger partial charge in [0.25, 0.3) is 0 Å². The normalized spacial score (nSPS) is 12.4. The highest BCUT2D eigenvalue weighted by molar-refractivity contribution is 7.59. The number of fused-ring (bicyclic) bond motifs is 3. The largest absolute Gasteiger partial charge is 0.494 e. The van der Waals surface area contributed by atoms with Crippen LogP contribution in [0, 0.1) is 13.8 Å². The number of nitrogen functional groups attached to an aromatic ring is 1. The molecule has 0 atom stereocenters. The minimum absolute atomic E-state index is 0.0391. The molecule has 0 bridgehead atoms. The van der Waals surface area contributed by atoms with Gasteiger partial charge < -0.3 is 10.5 Å². The van der Waals surface area contributed by atoms with Crippen LogP contribution >= 0.6 is 7.94 Å². The van der Waals surface area contributed by atoms with Crippen molar-refractivity contribution >= 4 is 35.6 Å². The van der Waals surface area contributed by atoms with Gasteiger partial charge in [0, 0.05) is 17.0 Å².